The van der Waals surface area contributed by atoms with Crippen molar-refractivity contribution in [3.05, 3.63) is 58.7 Å². The van der Waals surface area contributed by atoms with E-state index in [9.17, 15) is 4.79 Å². The molecule has 1 heterocycles. The summed E-state index contributed by atoms with van der Waals surface area (Å²) in [6.07, 6.45) is 2.97. The minimum absolute atomic E-state index is 0.153. The molecule has 2 aromatic carbocycles. The van der Waals surface area contributed by atoms with E-state index in [1.54, 1.807) is 18.2 Å². The van der Waals surface area contributed by atoms with Gasteiger partial charge in [-0.2, -0.15) is 0 Å². The Balaban J connectivity index is 1.98. The Hall–Kier alpha value is -2.62. The third kappa shape index (κ3) is 3.75. The van der Waals surface area contributed by atoms with Crippen LogP contribution in [0.15, 0.2) is 41.4 Å². The molecule has 0 aliphatic carbocycles. The van der Waals surface area contributed by atoms with Crippen molar-refractivity contribution in [3.63, 3.8) is 0 Å². The van der Waals surface area contributed by atoms with Gasteiger partial charge in [-0.25, -0.2) is 4.79 Å². The number of aromatic carboxylic acids is 1. The largest absolute Gasteiger partial charge is 0.478 e. The number of carboxylic acid groups (broad SMARTS) is 1. The summed E-state index contributed by atoms with van der Waals surface area (Å²) in [4.78, 5) is 18.1. The summed E-state index contributed by atoms with van der Waals surface area (Å²) in [5.41, 5.74) is 6.00. The maximum absolute atomic E-state index is 11.1. The number of fused-ring (bicyclic) bond motifs is 1. The van der Waals surface area contributed by atoms with Crippen LogP contribution in [-0.4, -0.2) is 29.4 Å². The molecule has 4 nitrogen and oxygen atoms in total. The highest BCUT2D eigenvalue weighted by atomic mass is 16.4. The van der Waals surface area contributed by atoms with E-state index >= 15 is 0 Å². The molecule has 0 radical (unpaired) electrons. The number of nitrogens with zero attached hydrogens (tertiary/aromatic N) is 2. The quantitative estimate of drug-likeness (QED) is 0.723. The molecule has 1 atom stereocenters. The normalized spacial score (nSPS) is 18.6. The Labute approximate surface area is 161 Å². The van der Waals surface area contributed by atoms with Crippen molar-refractivity contribution in [2.75, 3.05) is 11.4 Å². The van der Waals surface area contributed by atoms with Crippen LogP contribution in [0.2, 0.25) is 0 Å². The molecule has 3 rings (SSSR count). The van der Waals surface area contributed by atoms with E-state index in [-0.39, 0.29) is 11.1 Å². The topological polar surface area (TPSA) is 52.9 Å². The van der Waals surface area contributed by atoms with Gasteiger partial charge in [-0.15, -0.1) is 0 Å². The number of benzene rings is 2. The molecule has 1 N–H and O–H groups in total. The number of carboxylic acids is 1. The molecule has 0 fully saturated rings. The lowest BCUT2D eigenvalue weighted by Gasteiger charge is -2.47. The Morgan fingerprint density at radius 1 is 1.33 bits per heavy atom. The Morgan fingerprint density at radius 2 is 2.07 bits per heavy atom. The zero-order valence-corrected chi connectivity index (χ0v) is 16.8. The second-order valence-electron chi connectivity index (χ2n) is 8.04. The fourth-order valence-electron chi connectivity index (χ4n) is 4.25. The van der Waals surface area contributed by atoms with E-state index in [1.807, 2.05) is 12.3 Å². The SMILES string of the molecule is CCN1c2cc(C)c(C=Nc3cccc(C(=O)O)c3)cc2C(C)CC1(C)C. The molecule has 0 aromatic heterocycles. The summed E-state index contributed by atoms with van der Waals surface area (Å²) < 4.78 is 0. The molecule has 1 aliphatic heterocycles. The van der Waals surface area contributed by atoms with Gasteiger partial charge >= 0.3 is 5.97 Å². The lowest BCUT2D eigenvalue weighted by Crippen LogP contribution is -2.48. The zero-order valence-electron chi connectivity index (χ0n) is 16.8. The van der Waals surface area contributed by atoms with Gasteiger partial charge < -0.3 is 10.0 Å². The smallest absolute Gasteiger partial charge is 0.335 e. The van der Waals surface area contributed by atoms with Gasteiger partial charge in [0.05, 0.1) is 11.3 Å². The maximum Gasteiger partial charge on any atom is 0.335 e. The summed E-state index contributed by atoms with van der Waals surface area (Å²) in [6, 6.07) is 11.2. The fraction of sp³-hybridized carbons (Fsp3) is 0.391. The predicted octanol–water partition coefficient (Wildman–Crippen LogP) is 5.56. The first kappa shape index (κ1) is 19.2. The third-order valence-corrected chi connectivity index (χ3v) is 5.54. The van der Waals surface area contributed by atoms with Crippen LogP contribution in [0.25, 0.3) is 0 Å². The summed E-state index contributed by atoms with van der Waals surface area (Å²) in [7, 11) is 0. The number of anilines is 1. The molecule has 142 valence electrons. The molecular weight excluding hydrogens is 336 g/mol. The molecule has 27 heavy (non-hydrogen) atoms. The van der Waals surface area contributed by atoms with Crippen LogP contribution < -0.4 is 4.90 Å². The van der Waals surface area contributed by atoms with Crippen molar-refractivity contribution in [1.29, 1.82) is 0 Å². The standard InChI is InChI=1S/C23H28N2O2/c1-6-25-21-10-15(2)18(12-20(21)16(3)13-23(25,4)5)14-24-19-9-7-8-17(11-19)22(26)27/h7-12,14,16H,6,13H2,1-5H3,(H,26,27). The van der Waals surface area contributed by atoms with Gasteiger partial charge in [-0.05, 0) is 87.1 Å². The summed E-state index contributed by atoms with van der Waals surface area (Å²) in [6.45, 7) is 12.2. The minimum atomic E-state index is -0.937. The molecule has 1 aliphatic rings. The van der Waals surface area contributed by atoms with Crippen LogP contribution in [0.3, 0.4) is 0 Å². The van der Waals surface area contributed by atoms with Crippen molar-refractivity contribution in [3.8, 4) is 0 Å². The molecule has 0 spiro atoms. The van der Waals surface area contributed by atoms with E-state index in [0.717, 1.165) is 18.5 Å². The van der Waals surface area contributed by atoms with Gasteiger partial charge in [0.1, 0.15) is 0 Å². The number of hydrogen-bond donors (Lipinski definition) is 1. The molecule has 0 saturated carbocycles. The van der Waals surface area contributed by atoms with Gasteiger partial charge in [0, 0.05) is 24.0 Å². The second-order valence-corrected chi connectivity index (χ2v) is 8.04. The molecular formula is C23H28N2O2. The average molecular weight is 364 g/mol. The number of aliphatic imine (C=N–C) groups is 1. The Bertz CT molecular complexity index is 899. The summed E-state index contributed by atoms with van der Waals surface area (Å²) >= 11 is 0. The van der Waals surface area contributed by atoms with Gasteiger partial charge in [0.15, 0.2) is 0 Å². The first-order valence-electron chi connectivity index (χ1n) is 9.52. The Kier molecular flexibility index (Phi) is 5.09. The summed E-state index contributed by atoms with van der Waals surface area (Å²) in [5, 5.41) is 9.13. The molecule has 0 amide bonds. The van der Waals surface area contributed by atoms with Gasteiger partial charge in [-0.3, -0.25) is 4.99 Å². The number of rotatable bonds is 4. The van der Waals surface area contributed by atoms with E-state index in [2.05, 4.69) is 56.6 Å². The summed E-state index contributed by atoms with van der Waals surface area (Å²) in [5.74, 6) is -0.450. The van der Waals surface area contributed by atoms with E-state index in [0.29, 0.717) is 11.6 Å². The highest BCUT2D eigenvalue weighted by Crippen LogP contribution is 2.44. The minimum Gasteiger partial charge on any atom is -0.478 e. The Morgan fingerprint density at radius 3 is 2.74 bits per heavy atom. The first-order valence-corrected chi connectivity index (χ1v) is 9.52. The lowest BCUT2D eigenvalue weighted by molar-refractivity contribution is 0.0697. The van der Waals surface area contributed by atoms with E-state index < -0.39 is 5.97 Å². The number of aryl methyl sites for hydroxylation is 1. The predicted molar refractivity (Wildman–Crippen MR) is 112 cm³/mol. The highest BCUT2D eigenvalue weighted by Gasteiger charge is 2.35. The van der Waals surface area contributed by atoms with Crippen molar-refractivity contribution < 1.29 is 9.90 Å². The van der Waals surface area contributed by atoms with Crippen LogP contribution in [0.4, 0.5) is 11.4 Å². The van der Waals surface area contributed by atoms with Crippen molar-refractivity contribution in [1.82, 2.24) is 0 Å². The van der Waals surface area contributed by atoms with Crippen molar-refractivity contribution in [2.24, 2.45) is 4.99 Å². The molecule has 0 saturated heterocycles. The molecule has 4 heteroatoms. The average Bonchev–Trinajstić information content (AvgIpc) is 2.60. The van der Waals surface area contributed by atoms with Gasteiger partial charge in [0.25, 0.3) is 0 Å². The fourth-order valence-corrected chi connectivity index (χ4v) is 4.25. The van der Waals surface area contributed by atoms with Crippen LogP contribution in [0.1, 0.15) is 67.1 Å². The number of carbonyl (C=O) groups is 1. The molecule has 2 aromatic rings. The van der Waals surface area contributed by atoms with Crippen molar-refractivity contribution in [2.45, 2.75) is 52.5 Å². The lowest BCUT2D eigenvalue weighted by atomic mass is 9.79. The van der Waals surface area contributed by atoms with E-state index in [1.165, 1.54) is 16.8 Å². The van der Waals surface area contributed by atoms with Gasteiger partial charge in [-0.1, -0.05) is 13.0 Å². The second kappa shape index (κ2) is 7.18. The van der Waals surface area contributed by atoms with Crippen LogP contribution >= 0.6 is 0 Å². The third-order valence-electron chi connectivity index (χ3n) is 5.54. The van der Waals surface area contributed by atoms with E-state index in [4.69, 9.17) is 5.11 Å². The van der Waals surface area contributed by atoms with Crippen molar-refractivity contribution >= 4 is 23.6 Å². The first-order chi connectivity index (χ1) is 12.7. The maximum atomic E-state index is 11.1. The van der Waals surface area contributed by atoms with Crippen LogP contribution in [0, 0.1) is 6.92 Å². The number of hydrogen-bond acceptors (Lipinski definition) is 3. The monoisotopic (exact) mass is 364 g/mol. The zero-order chi connectivity index (χ0) is 19.8. The molecule has 1 unspecified atom stereocenters. The van der Waals surface area contributed by atoms with Crippen LogP contribution in [-0.2, 0) is 0 Å². The molecule has 0 bridgehead atoms. The van der Waals surface area contributed by atoms with Crippen LogP contribution in [0.5, 0.6) is 0 Å². The highest BCUT2D eigenvalue weighted by molar-refractivity contribution is 5.90. The van der Waals surface area contributed by atoms with Gasteiger partial charge in [0.2, 0.25) is 0 Å².